The fourth-order valence-electron chi connectivity index (χ4n) is 8.01. The predicted molar refractivity (Wildman–Crippen MR) is 272 cm³/mol. The lowest BCUT2D eigenvalue weighted by Crippen LogP contribution is -2.49. The number of aromatic nitrogens is 2. The molecule has 4 aromatic carbocycles. The van der Waals surface area contributed by atoms with Gasteiger partial charge in [-0.2, -0.15) is 5.26 Å². The molecule has 6 rings (SSSR count). The topological polar surface area (TPSA) is 149 Å². The number of rotatable bonds is 21. The summed E-state index contributed by atoms with van der Waals surface area (Å²) in [6, 6.07) is 37.0. The molecule has 362 valence electrons. The number of carbonyl (C=O) groups is 1. The molecule has 1 saturated heterocycles. The van der Waals surface area contributed by atoms with E-state index in [0.717, 1.165) is 16.7 Å². The maximum atomic E-state index is 13.2. The van der Waals surface area contributed by atoms with E-state index in [9.17, 15) is 10.1 Å². The van der Waals surface area contributed by atoms with Gasteiger partial charge in [-0.3, -0.25) is 10.1 Å². The van der Waals surface area contributed by atoms with Crippen molar-refractivity contribution in [2.75, 3.05) is 32.8 Å². The first kappa shape index (κ1) is 52.5. The maximum Gasteiger partial charge on any atom is 0.259 e. The number of nitrogens with one attached hydrogen (secondary N) is 2. The van der Waals surface area contributed by atoms with E-state index in [4.69, 9.17) is 44.6 Å². The van der Waals surface area contributed by atoms with Crippen molar-refractivity contribution in [2.45, 2.75) is 115 Å². The molecule has 1 unspecified atom stereocenters. The molecule has 0 saturated carbocycles. The molecule has 1 aromatic heterocycles. The lowest BCUT2D eigenvalue weighted by Gasteiger charge is -2.42. The second-order valence-electron chi connectivity index (χ2n) is 18.7. The number of benzene rings is 4. The van der Waals surface area contributed by atoms with Gasteiger partial charge in [0, 0.05) is 29.4 Å². The van der Waals surface area contributed by atoms with Gasteiger partial charge in [-0.1, -0.05) is 106 Å². The maximum absolute atomic E-state index is 13.2. The van der Waals surface area contributed by atoms with Gasteiger partial charge in [0.25, 0.3) is 14.4 Å². The van der Waals surface area contributed by atoms with Gasteiger partial charge in [0.15, 0.2) is 8.32 Å². The van der Waals surface area contributed by atoms with Crippen LogP contribution in [-0.2, 0) is 28.5 Å². The first-order chi connectivity index (χ1) is 32.4. The summed E-state index contributed by atoms with van der Waals surface area (Å²) in [5, 5.41) is 12.3. The van der Waals surface area contributed by atoms with E-state index in [1.807, 2.05) is 72.8 Å². The summed E-state index contributed by atoms with van der Waals surface area (Å²) in [5.41, 5.74) is 2.42. The normalized spacial score (nSPS) is 18.1. The molecule has 1 aliphatic rings. The van der Waals surface area contributed by atoms with Crippen LogP contribution in [0.3, 0.4) is 0 Å². The van der Waals surface area contributed by atoms with E-state index in [2.05, 4.69) is 99.7 Å². The summed E-state index contributed by atoms with van der Waals surface area (Å²) in [5.74, 6) is 1.25. The highest BCUT2D eigenvalue weighted by molar-refractivity contribution is 7.71. The van der Waals surface area contributed by atoms with Crippen LogP contribution in [0.2, 0.25) is 18.1 Å². The van der Waals surface area contributed by atoms with Crippen LogP contribution in [0.5, 0.6) is 11.5 Å². The van der Waals surface area contributed by atoms with Crippen molar-refractivity contribution >= 4 is 40.9 Å². The third-order valence-electron chi connectivity index (χ3n) is 12.5. The highest BCUT2D eigenvalue weighted by Crippen LogP contribution is 2.53. The summed E-state index contributed by atoms with van der Waals surface area (Å²) >= 11 is 6.09. The van der Waals surface area contributed by atoms with Gasteiger partial charge < -0.3 is 37.4 Å². The Balaban J connectivity index is 1.53. The number of ether oxygens (including phenoxy) is 4. The Labute approximate surface area is 409 Å². The van der Waals surface area contributed by atoms with E-state index in [-0.39, 0.29) is 48.6 Å². The van der Waals surface area contributed by atoms with E-state index < -0.39 is 46.9 Å². The highest BCUT2D eigenvalue weighted by atomic mass is 32.1. The number of nitrogens with zero attached hydrogens (tertiary/aromatic N) is 3. The summed E-state index contributed by atoms with van der Waals surface area (Å²) in [6.07, 6.45) is -1.32. The van der Waals surface area contributed by atoms with Gasteiger partial charge in [0.2, 0.25) is 5.95 Å². The lowest BCUT2D eigenvalue weighted by atomic mass is 9.80. The molecule has 1 amide bonds. The Morgan fingerprint density at radius 1 is 0.868 bits per heavy atom. The fraction of sp³-hybridized carbons (Fsp3) is 0.423. The minimum atomic E-state index is -2.63. The standard InChI is InChI=1S/C52H66N5O8PSSi/c1-35(2)57(36(3)4)66(62-32-18-31-53)64-46-44(34-61-52(38-21-16-13-17-22-38,39-23-27-41(59-8)28-24-39)40-25-29-42(60-9)30-26-40)63-45(47(46)65-68(10,11)51(5,6)7)43-33-54-50(56-49(43)67)55-48(58)37-19-14-12-15-20-37/h12-17,19-30,33,35-36,44-47H,18,32,34H2,1-11H3,(H2,54,55,56,58,67)/t44-,45+,46-,47+,66?/m1/s1. The number of methoxy groups -OCH3 is 2. The molecule has 0 spiro atoms. The Kier molecular flexibility index (Phi) is 17.9. The first-order valence-corrected chi connectivity index (χ1v) is 27.4. The Hall–Kier alpha value is -4.85. The summed E-state index contributed by atoms with van der Waals surface area (Å²) in [7, 11) is -1.15. The summed E-state index contributed by atoms with van der Waals surface area (Å²) < 4.78 is 50.0. The molecule has 0 bridgehead atoms. The van der Waals surface area contributed by atoms with E-state index >= 15 is 0 Å². The zero-order valence-electron chi connectivity index (χ0n) is 41.0. The minimum Gasteiger partial charge on any atom is -0.497 e. The number of anilines is 1. The minimum absolute atomic E-state index is 0.00529. The molecule has 2 N–H and O–H groups in total. The van der Waals surface area contributed by atoms with Crippen LogP contribution in [0.4, 0.5) is 5.95 Å². The fourth-order valence-corrected chi connectivity index (χ4v) is 11.3. The third-order valence-corrected chi connectivity index (χ3v) is 19.4. The molecule has 1 fully saturated rings. The Morgan fingerprint density at radius 3 is 1.91 bits per heavy atom. The number of aromatic amines is 1. The van der Waals surface area contributed by atoms with Crippen molar-refractivity contribution in [2.24, 2.45) is 0 Å². The van der Waals surface area contributed by atoms with Crippen LogP contribution in [0, 0.1) is 16.0 Å². The predicted octanol–water partition coefficient (Wildman–Crippen LogP) is 11.9. The molecule has 0 aliphatic carbocycles. The molecule has 68 heavy (non-hydrogen) atoms. The van der Waals surface area contributed by atoms with Gasteiger partial charge in [-0.15, -0.1) is 0 Å². The van der Waals surface area contributed by atoms with Gasteiger partial charge in [0.1, 0.15) is 46.2 Å². The molecule has 5 atom stereocenters. The van der Waals surface area contributed by atoms with Crippen LogP contribution in [-0.4, -0.2) is 86.7 Å². The van der Waals surface area contributed by atoms with Crippen LogP contribution in [0.15, 0.2) is 115 Å². The largest absolute Gasteiger partial charge is 0.497 e. The third kappa shape index (κ3) is 12.1. The lowest BCUT2D eigenvalue weighted by molar-refractivity contribution is -0.0807. The van der Waals surface area contributed by atoms with Crippen LogP contribution in [0.1, 0.15) is 93.6 Å². The van der Waals surface area contributed by atoms with Gasteiger partial charge >= 0.3 is 0 Å². The van der Waals surface area contributed by atoms with Crippen LogP contribution in [0.25, 0.3) is 0 Å². The number of nitriles is 1. The number of hydrogen-bond acceptors (Lipinski definition) is 12. The molecular formula is C52H66N5O8PSSi. The number of carbonyl (C=O) groups excluding carboxylic acids is 1. The van der Waals surface area contributed by atoms with Crippen LogP contribution >= 0.6 is 20.7 Å². The molecule has 16 heteroatoms. The Morgan fingerprint density at radius 2 is 1.41 bits per heavy atom. The average molecular weight is 980 g/mol. The van der Waals surface area contributed by atoms with E-state index in [1.54, 1.807) is 44.7 Å². The SMILES string of the molecule is COc1ccc(C(OC[C@H]2O[C@@H](c3cnc(NC(=O)c4ccccc4)[nH]c3=S)[C@H](O[Si](C)(C)C(C)(C)C)[C@@H]2OP(OCCC#N)N(C(C)C)C(C)C)(c2ccccc2)c2ccc(OC)cc2)cc1. The second kappa shape index (κ2) is 23.2. The monoisotopic (exact) mass is 979 g/mol. The number of hydrogen-bond donors (Lipinski definition) is 2. The van der Waals surface area contributed by atoms with Gasteiger partial charge in [-0.05, 0) is 98.9 Å². The van der Waals surface area contributed by atoms with Crippen molar-refractivity contribution in [3.05, 3.63) is 148 Å². The molecule has 5 aromatic rings. The quantitative estimate of drug-likeness (QED) is 0.0237. The number of amides is 1. The van der Waals surface area contributed by atoms with Crippen molar-refractivity contribution < 1.29 is 37.2 Å². The molecular weight excluding hydrogens is 914 g/mol. The van der Waals surface area contributed by atoms with Gasteiger partial charge in [-0.25, -0.2) is 9.65 Å². The van der Waals surface area contributed by atoms with Gasteiger partial charge in [0.05, 0.1) is 39.9 Å². The van der Waals surface area contributed by atoms with E-state index in [0.29, 0.717) is 27.3 Å². The summed E-state index contributed by atoms with van der Waals surface area (Å²) in [6.45, 7) is 19.5. The van der Waals surface area contributed by atoms with Crippen molar-refractivity contribution in [3.8, 4) is 17.6 Å². The van der Waals surface area contributed by atoms with Crippen molar-refractivity contribution in [3.63, 3.8) is 0 Å². The van der Waals surface area contributed by atoms with Crippen molar-refractivity contribution in [1.29, 1.82) is 5.26 Å². The van der Waals surface area contributed by atoms with Crippen LogP contribution < -0.4 is 14.8 Å². The number of H-pyrrole nitrogens is 1. The highest BCUT2D eigenvalue weighted by Gasteiger charge is 2.54. The second-order valence-corrected chi connectivity index (χ2v) is 25.3. The first-order valence-electron chi connectivity index (χ1n) is 23.0. The summed E-state index contributed by atoms with van der Waals surface area (Å²) in [4.78, 5) is 21.0. The molecule has 2 heterocycles. The van der Waals surface area contributed by atoms with E-state index in [1.165, 1.54) is 0 Å². The smallest absolute Gasteiger partial charge is 0.259 e. The zero-order valence-corrected chi connectivity index (χ0v) is 43.7. The molecule has 0 radical (unpaired) electrons. The van der Waals surface area contributed by atoms with Crippen molar-refractivity contribution in [1.82, 2.24) is 14.6 Å². The zero-order chi connectivity index (χ0) is 49.2. The Bertz CT molecular complexity index is 2450. The molecule has 13 nitrogen and oxygen atoms in total. The molecule has 1 aliphatic heterocycles. The average Bonchev–Trinajstić information content (AvgIpc) is 3.64.